The quantitative estimate of drug-likeness (QED) is 0.704. The standard InChI is InChI=1S/C20H21ClN2O4S/c21-14-5-3-4-13(10-14)19-22-15(12-28-19)20(25)27-11-18(24)23-8-9-26-17-7-2-1-6-16(17)23/h3-5,10,12,16-17H,1-2,6-9,11H2. The monoisotopic (exact) mass is 420 g/mol. The summed E-state index contributed by atoms with van der Waals surface area (Å²) < 4.78 is 11.0. The molecule has 28 heavy (non-hydrogen) atoms. The summed E-state index contributed by atoms with van der Waals surface area (Å²) in [6, 6.07) is 7.38. The van der Waals surface area contributed by atoms with Crippen LogP contribution in [0.15, 0.2) is 29.6 Å². The highest BCUT2D eigenvalue weighted by molar-refractivity contribution is 7.13. The van der Waals surface area contributed by atoms with Gasteiger partial charge in [0.1, 0.15) is 5.01 Å². The highest BCUT2D eigenvalue weighted by atomic mass is 35.5. The first-order valence-corrected chi connectivity index (χ1v) is 10.7. The highest BCUT2D eigenvalue weighted by Gasteiger charge is 2.36. The van der Waals surface area contributed by atoms with Gasteiger partial charge in [-0.3, -0.25) is 4.79 Å². The zero-order chi connectivity index (χ0) is 19.5. The fourth-order valence-corrected chi connectivity index (χ4v) is 4.79. The van der Waals surface area contributed by atoms with Gasteiger partial charge in [-0.1, -0.05) is 36.6 Å². The van der Waals surface area contributed by atoms with Gasteiger partial charge >= 0.3 is 5.97 Å². The summed E-state index contributed by atoms with van der Waals surface area (Å²) in [5.41, 5.74) is 1.04. The molecule has 1 amide bonds. The zero-order valence-electron chi connectivity index (χ0n) is 15.3. The number of carbonyl (C=O) groups excluding carboxylic acids is 2. The first-order valence-electron chi connectivity index (χ1n) is 9.41. The maximum atomic E-state index is 12.6. The van der Waals surface area contributed by atoms with Crippen molar-refractivity contribution in [1.82, 2.24) is 9.88 Å². The Labute approximate surface area is 172 Å². The van der Waals surface area contributed by atoms with Gasteiger partial charge in [0, 0.05) is 22.5 Å². The lowest BCUT2D eigenvalue weighted by Crippen LogP contribution is -2.55. The van der Waals surface area contributed by atoms with Crippen LogP contribution in [0.4, 0.5) is 0 Å². The van der Waals surface area contributed by atoms with Crippen LogP contribution >= 0.6 is 22.9 Å². The van der Waals surface area contributed by atoms with Crippen molar-refractivity contribution in [1.29, 1.82) is 0 Å². The minimum Gasteiger partial charge on any atom is -0.451 e. The molecule has 8 heteroatoms. The van der Waals surface area contributed by atoms with Gasteiger partial charge in [-0.2, -0.15) is 0 Å². The Morgan fingerprint density at radius 1 is 1.32 bits per heavy atom. The maximum Gasteiger partial charge on any atom is 0.358 e. The largest absolute Gasteiger partial charge is 0.451 e. The molecule has 2 aromatic rings. The number of fused-ring (bicyclic) bond motifs is 1. The summed E-state index contributed by atoms with van der Waals surface area (Å²) in [4.78, 5) is 31.1. The van der Waals surface area contributed by atoms with E-state index in [9.17, 15) is 9.59 Å². The third-order valence-electron chi connectivity index (χ3n) is 5.16. The number of benzene rings is 1. The third kappa shape index (κ3) is 4.21. The van der Waals surface area contributed by atoms with Crippen LogP contribution in [-0.4, -0.2) is 53.7 Å². The number of carbonyl (C=O) groups is 2. The molecule has 0 spiro atoms. The van der Waals surface area contributed by atoms with Gasteiger partial charge in [0.2, 0.25) is 0 Å². The Bertz CT molecular complexity index is 869. The van der Waals surface area contributed by atoms with Crippen LogP contribution in [0.2, 0.25) is 5.02 Å². The second kappa shape index (κ2) is 8.59. The van der Waals surface area contributed by atoms with Crippen molar-refractivity contribution < 1.29 is 19.1 Å². The van der Waals surface area contributed by atoms with Gasteiger partial charge < -0.3 is 14.4 Å². The van der Waals surface area contributed by atoms with E-state index in [-0.39, 0.29) is 30.4 Å². The van der Waals surface area contributed by atoms with Crippen LogP contribution in [0.5, 0.6) is 0 Å². The molecule has 4 rings (SSSR count). The van der Waals surface area contributed by atoms with Gasteiger partial charge in [-0.15, -0.1) is 11.3 Å². The predicted molar refractivity (Wildman–Crippen MR) is 107 cm³/mol. The van der Waals surface area contributed by atoms with E-state index in [4.69, 9.17) is 21.1 Å². The molecule has 2 fully saturated rings. The summed E-state index contributed by atoms with van der Waals surface area (Å²) >= 11 is 7.34. The van der Waals surface area contributed by atoms with Crippen molar-refractivity contribution >= 4 is 34.8 Å². The van der Waals surface area contributed by atoms with Gasteiger partial charge in [0.25, 0.3) is 5.91 Å². The van der Waals surface area contributed by atoms with Crippen molar-refractivity contribution in [2.24, 2.45) is 0 Å². The van der Waals surface area contributed by atoms with Crippen molar-refractivity contribution in [3.63, 3.8) is 0 Å². The number of thiazole rings is 1. The zero-order valence-corrected chi connectivity index (χ0v) is 16.9. The Hall–Kier alpha value is -1.96. The second-order valence-electron chi connectivity index (χ2n) is 6.97. The number of ether oxygens (including phenoxy) is 2. The van der Waals surface area contributed by atoms with Crippen LogP contribution in [0, 0.1) is 0 Å². The highest BCUT2D eigenvalue weighted by Crippen LogP contribution is 2.29. The Morgan fingerprint density at radius 3 is 3.04 bits per heavy atom. The minimum atomic E-state index is -0.591. The van der Waals surface area contributed by atoms with Crippen molar-refractivity contribution in [2.45, 2.75) is 37.8 Å². The molecule has 1 aromatic carbocycles. The maximum absolute atomic E-state index is 12.6. The minimum absolute atomic E-state index is 0.0995. The molecule has 2 unspecified atom stereocenters. The third-order valence-corrected chi connectivity index (χ3v) is 6.29. The first kappa shape index (κ1) is 19.4. The number of hydrogen-bond acceptors (Lipinski definition) is 6. The molecule has 1 aromatic heterocycles. The summed E-state index contributed by atoms with van der Waals surface area (Å²) in [5.74, 6) is -0.759. The molecule has 1 saturated heterocycles. The average Bonchev–Trinajstić information content (AvgIpc) is 3.22. The lowest BCUT2D eigenvalue weighted by atomic mass is 9.90. The molecule has 1 saturated carbocycles. The van der Waals surface area contributed by atoms with E-state index in [0.29, 0.717) is 23.2 Å². The van der Waals surface area contributed by atoms with Crippen molar-refractivity contribution in [2.75, 3.05) is 19.8 Å². The number of aromatic nitrogens is 1. The lowest BCUT2D eigenvalue weighted by Gasteiger charge is -2.43. The van der Waals surface area contributed by atoms with Gasteiger partial charge in [-0.05, 0) is 25.0 Å². The number of morpholine rings is 1. The second-order valence-corrected chi connectivity index (χ2v) is 8.27. The Balaban J connectivity index is 1.36. The molecule has 148 valence electrons. The number of nitrogens with zero attached hydrogens (tertiary/aromatic N) is 2. The first-order chi connectivity index (χ1) is 13.6. The Kier molecular flexibility index (Phi) is 5.94. The molecular weight excluding hydrogens is 400 g/mol. The van der Waals surface area contributed by atoms with Gasteiger partial charge in [0.05, 0.1) is 18.8 Å². The number of hydrogen-bond donors (Lipinski definition) is 0. The molecule has 2 heterocycles. The molecule has 2 atom stereocenters. The SMILES string of the molecule is O=C(OCC(=O)N1CCOC2CCCCC21)c1csc(-c2cccc(Cl)c2)n1. The van der Waals surface area contributed by atoms with E-state index < -0.39 is 5.97 Å². The summed E-state index contributed by atoms with van der Waals surface area (Å²) in [5, 5.41) is 2.92. The van der Waals surface area contributed by atoms with E-state index >= 15 is 0 Å². The lowest BCUT2D eigenvalue weighted by molar-refractivity contribution is -0.152. The molecule has 6 nitrogen and oxygen atoms in total. The average molecular weight is 421 g/mol. The topological polar surface area (TPSA) is 68.7 Å². The van der Waals surface area contributed by atoms with Crippen LogP contribution in [0.3, 0.4) is 0 Å². The van der Waals surface area contributed by atoms with Gasteiger partial charge in [0.15, 0.2) is 12.3 Å². The van der Waals surface area contributed by atoms with E-state index in [1.54, 1.807) is 17.5 Å². The predicted octanol–water partition coefficient (Wildman–Crippen LogP) is 3.79. The molecule has 1 aliphatic carbocycles. The molecule has 0 N–H and O–H groups in total. The Morgan fingerprint density at radius 2 is 2.18 bits per heavy atom. The smallest absolute Gasteiger partial charge is 0.358 e. The van der Waals surface area contributed by atoms with Gasteiger partial charge in [-0.25, -0.2) is 9.78 Å². The van der Waals surface area contributed by atoms with Crippen molar-refractivity contribution in [3.05, 3.63) is 40.4 Å². The molecule has 0 radical (unpaired) electrons. The molecule has 2 aliphatic rings. The fraction of sp³-hybridized carbons (Fsp3) is 0.450. The van der Waals surface area contributed by atoms with Crippen LogP contribution in [-0.2, 0) is 14.3 Å². The van der Waals surface area contributed by atoms with Crippen LogP contribution in [0.1, 0.15) is 36.2 Å². The number of rotatable bonds is 4. The molecule has 0 bridgehead atoms. The van der Waals surface area contributed by atoms with E-state index in [1.807, 2.05) is 17.0 Å². The summed E-state index contributed by atoms with van der Waals surface area (Å²) in [6.07, 6.45) is 4.27. The number of esters is 1. The van der Waals surface area contributed by atoms with E-state index in [1.165, 1.54) is 11.3 Å². The van der Waals surface area contributed by atoms with E-state index in [0.717, 1.165) is 31.2 Å². The number of halogens is 1. The van der Waals surface area contributed by atoms with Crippen LogP contribution < -0.4 is 0 Å². The molecular formula is C20H21ClN2O4S. The summed E-state index contributed by atoms with van der Waals surface area (Å²) in [6.45, 7) is 0.815. The summed E-state index contributed by atoms with van der Waals surface area (Å²) in [7, 11) is 0. The number of amides is 1. The normalized spacial score (nSPS) is 21.8. The molecule has 1 aliphatic heterocycles. The van der Waals surface area contributed by atoms with Crippen LogP contribution in [0.25, 0.3) is 10.6 Å². The van der Waals surface area contributed by atoms with E-state index in [2.05, 4.69) is 4.98 Å². The fourth-order valence-electron chi connectivity index (χ4n) is 3.81. The van der Waals surface area contributed by atoms with Crippen molar-refractivity contribution in [3.8, 4) is 10.6 Å².